The maximum absolute atomic E-state index is 13.0. The van der Waals surface area contributed by atoms with Gasteiger partial charge in [-0.3, -0.25) is 14.4 Å². The molecular weight excluding hydrogens is 303 g/mol. The van der Waals surface area contributed by atoms with E-state index in [1.807, 2.05) is 0 Å². The van der Waals surface area contributed by atoms with Crippen LogP contribution in [0.25, 0.3) is 0 Å². The molecule has 1 unspecified atom stereocenters. The molecule has 23 heavy (non-hydrogen) atoms. The van der Waals surface area contributed by atoms with E-state index in [2.05, 4.69) is 10.6 Å². The van der Waals surface area contributed by atoms with Crippen LogP contribution in [0.5, 0.6) is 0 Å². The Morgan fingerprint density at radius 3 is 2.48 bits per heavy atom. The summed E-state index contributed by atoms with van der Waals surface area (Å²) in [4.78, 5) is 34.7. The fourth-order valence-electron chi connectivity index (χ4n) is 1.96. The van der Waals surface area contributed by atoms with E-state index in [1.165, 1.54) is 18.2 Å². The number of aliphatic carboxylic acids is 1. The van der Waals surface area contributed by atoms with Gasteiger partial charge in [0.25, 0.3) is 5.91 Å². The van der Waals surface area contributed by atoms with Crippen LogP contribution in [0.1, 0.15) is 37.6 Å². The third-order valence-corrected chi connectivity index (χ3v) is 3.71. The van der Waals surface area contributed by atoms with Gasteiger partial charge >= 0.3 is 5.97 Å². The normalized spacial score (nSPS) is 13.3. The maximum atomic E-state index is 13.0. The third kappa shape index (κ3) is 5.69. The molecule has 0 heterocycles. The quantitative estimate of drug-likeness (QED) is 0.709. The molecule has 2 amide bonds. The van der Waals surface area contributed by atoms with Gasteiger partial charge in [-0.25, -0.2) is 4.39 Å². The average Bonchev–Trinajstić information content (AvgIpc) is 2.43. The van der Waals surface area contributed by atoms with E-state index in [1.54, 1.807) is 20.8 Å². The first kappa shape index (κ1) is 18.6. The zero-order valence-electron chi connectivity index (χ0n) is 13.4. The lowest BCUT2D eigenvalue weighted by atomic mass is 9.85. The zero-order chi connectivity index (χ0) is 17.6. The van der Waals surface area contributed by atoms with E-state index in [0.717, 1.165) is 6.07 Å². The first-order valence-electron chi connectivity index (χ1n) is 7.20. The Bertz CT molecular complexity index is 603. The lowest BCUT2D eigenvalue weighted by Crippen LogP contribution is -2.53. The summed E-state index contributed by atoms with van der Waals surface area (Å²) in [5, 5.41) is 14.0. The third-order valence-electron chi connectivity index (χ3n) is 3.71. The van der Waals surface area contributed by atoms with Crippen molar-refractivity contribution in [2.24, 2.45) is 5.92 Å². The van der Waals surface area contributed by atoms with Gasteiger partial charge in [0.2, 0.25) is 5.91 Å². The number of carboxylic acids is 1. The number of halogens is 1. The number of rotatable bonds is 7. The molecule has 0 spiro atoms. The van der Waals surface area contributed by atoms with Crippen molar-refractivity contribution in [3.05, 3.63) is 35.6 Å². The van der Waals surface area contributed by atoms with Gasteiger partial charge in [0.1, 0.15) is 5.82 Å². The number of carboxylic acid groups (broad SMARTS) is 1. The highest BCUT2D eigenvalue weighted by Gasteiger charge is 2.32. The van der Waals surface area contributed by atoms with E-state index in [4.69, 9.17) is 5.11 Å². The van der Waals surface area contributed by atoms with Crippen molar-refractivity contribution in [2.75, 3.05) is 6.54 Å². The van der Waals surface area contributed by atoms with Gasteiger partial charge < -0.3 is 15.7 Å². The molecule has 0 fully saturated rings. The van der Waals surface area contributed by atoms with Crippen LogP contribution in [-0.4, -0.2) is 35.0 Å². The van der Waals surface area contributed by atoms with Crippen molar-refractivity contribution in [1.29, 1.82) is 0 Å². The number of hydrogen-bond donors (Lipinski definition) is 3. The maximum Gasteiger partial charge on any atom is 0.305 e. The molecule has 1 aromatic rings. The number of carbonyl (C=O) groups is 3. The monoisotopic (exact) mass is 324 g/mol. The lowest BCUT2D eigenvalue weighted by molar-refractivity contribution is -0.139. The van der Waals surface area contributed by atoms with Gasteiger partial charge in [-0.1, -0.05) is 19.9 Å². The molecule has 1 atom stereocenters. The van der Waals surface area contributed by atoms with Crippen molar-refractivity contribution in [2.45, 2.75) is 32.7 Å². The molecule has 7 heteroatoms. The highest BCUT2D eigenvalue weighted by atomic mass is 19.1. The van der Waals surface area contributed by atoms with Crippen LogP contribution < -0.4 is 10.6 Å². The van der Waals surface area contributed by atoms with E-state index >= 15 is 0 Å². The van der Waals surface area contributed by atoms with Gasteiger partial charge in [-0.2, -0.15) is 0 Å². The number of hydrogen-bond acceptors (Lipinski definition) is 3. The molecule has 0 saturated heterocycles. The van der Waals surface area contributed by atoms with Gasteiger partial charge in [-0.05, 0) is 31.0 Å². The van der Waals surface area contributed by atoms with Gasteiger partial charge in [-0.15, -0.1) is 0 Å². The van der Waals surface area contributed by atoms with Crippen molar-refractivity contribution in [3.8, 4) is 0 Å². The molecule has 126 valence electrons. The summed E-state index contributed by atoms with van der Waals surface area (Å²) in [5.74, 6) is -2.76. The SMILES string of the molecule is CC(C)C(C)(CC(=O)O)NC(=O)CNC(=O)c1cccc(F)c1. The highest BCUT2D eigenvalue weighted by molar-refractivity contribution is 5.96. The van der Waals surface area contributed by atoms with Gasteiger partial charge in [0, 0.05) is 5.56 Å². The summed E-state index contributed by atoms with van der Waals surface area (Å²) in [7, 11) is 0. The number of nitrogens with one attached hydrogen (secondary N) is 2. The van der Waals surface area contributed by atoms with E-state index < -0.39 is 29.1 Å². The summed E-state index contributed by atoms with van der Waals surface area (Å²) in [6.07, 6.45) is -0.228. The highest BCUT2D eigenvalue weighted by Crippen LogP contribution is 2.20. The number of amides is 2. The Morgan fingerprint density at radius 2 is 1.96 bits per heavy atom. The largest absolute Gasteiger partial charge is 0.481 e. The lowest BCUT2D eigenvalue weighted by Gasteiger charge is -2.33. The average molecular weight is 324 g/mol. The van der Waals surface area contributed by atoms with Gasteiger partial charge in [0.15, 0.2) is 0 Å². The molecule has 0 aliphatic carbocycles. The second-order valence-corrected chi connectivity index (χ2v) is 5.88. The minimum Gasteiger partial charge on any atom is -0.481 e. The minimum atomic E-state index is -1.02. The predicted octanol–water partition coefficient (Wildman–Crippen LogP) is 1.56. The Labute approximate surface area is 134 Å². The Morgan fingerprint density at radius 1 is 1.30 bits per heavy atom. The van der Waals surface area contributed by atoms with Crippen molar-refractivity contribution >= 4 is 17.8 Å². The molecule has 0 aliphatic rings. The van der Waals surface area contributed by atoms with Crippen molar-refractivity contribution < 1.29 is 23.9 Å². The smallest absolute Gasteiger partial charge is 0.305 e. The summed E-state index contributed by atoms with van der Waals surface area (Å²) in [6, 6.07) is 5.10. The molecule has 0 aliphatic heterocycles. The first-order chi connectivity index (χ1) is 10.6. The van der Waals surface area contributed by atoms with E-state index in [9.17, 15) is 18.8 Å². The molecule has 6 nitrogen and oxygen atoms in total. The van der Waals surface area contributed by atoms with Crippen LogP contribution in [0.4, 0.5) is 4.39 Å². The Kier molecular flexibility index (Phi) is 6.24. The van der Waals surface area contributed by atoms with Crippen LogP contribution in [0.15, 0.2) is 24.3 Å². The van der Waals surface area contributed by atoms with Crippen molar-refractivity contribution in [3.63, 3.8) is 0 Å². The zero-order valence-corrected chi connectivity index (χ0v) is 13.4. The van der Waals surface area contributed by atoms with E-state index in [-0.39, 0.29) is 24.4 Å². The predicted molar refractivity (Wildman–Crippen MR) is 82.4 cm³/mol. The van der Waals surface area contributed by atoms with E-state index in [0.29, 0.717) is 0 Å². The van der Waals surface area contributed by atoms with Crippen LogP contribution >= 0.6 is 0 Å². The van der Waals surface area contributed by atoms with Crippen LogP contribution in [0, 0.1) is 11.7 Å². The first-order valence-corrected chi connectivity index (χ1v) is 7.20. The molecule has 0 bridgehead atoms. The summed E-state index contributed by atoms with van der Waals surface area (Å²) < 4.78 is 13.0. The topological polar surface area (TPSA) is 95.5 Å². The summed E-state index contributed by atoms with van der Waals surface area (Å²) in [6.45, 7) is 4.92. The number of carbonyl (C=O) groups excluding carboxylic acids is 2. The Balaban J connectivity index is 2.62. The summed E-state index contributed by atoms with van der Waals surface area (Å²) in [5.41, 5.74) is -0.818. The molecule has 1 aromatic carbocycles. The molecular formula is C16H21FN2O4. The standard InChI is InChI=1S/C16H21FN2O4/c1-10(2)16(3,8-14(21)22)19-13(20)9-18-15(23)11-5-4-6-12(17)7-11/h4-7,10H,8-9H2,1-3H3,(H,18,23)(H,19,20)(H,21,22). The molecule has 3 N–H and O–H groups in total. The number of benzene rings is 1. The second-order valence-electron chi connectivity index (χ2n) is 5.88. The summed E-state index contributed by atoms with van der Waals surface area (Å²) >= 11 is 0. The fraction of sp³-hybridized carbons (Fsp3) is 0.438. The molecule has 0 radical (unpaired) electrons. The molecule has 1 rings (SSSR count). The van der Waals surface area contributed by atoms with Crippen LogP contribution in [0.2, 0.25) is 0 Å². The molecule has 0 saturated carbocycles. The van der Waals surface area contributed by atoms with Gasteiger partial charge in [0.05, 0.1) is 18.5 Å². The Hall–Kier alpha value is -2.44. The van der Waals surface area contributed by atoms with Crippen molar-refractivity contribution in [1.82, 2.24) is 10.6 Å². The van der Waals surface area contributed by atoms with Crippen LogP contribution in [-0.2, 0) is 9.59 Å². The fourth-order valence-corrected chi connectivity index (χ4v) is 1.96. The second kappa shape index (κ2) is 7.71. The minimum absolute atomic E-state index is 0.106. The molecule has 0 aromatic heterocycles. The van der Waals surface area contributed by atoms with Crippen LogP contribution in [0.3, 0.4) is 0 Å².